The normalized spacial score (nSPS) is 45.8. The second-order valence-electron chi connectivity index (χ2n) is 20.1. The zero-order chi connectivity index (χ0) is 39.2. The maximum Gasteiger partial charge on any atom is 0.313 e. The van der Waals surface area contributed by atoms with Gasteiger partial charge in [0.05, 0.1) is 29.8 Å². The van der Waals surface area contributed by atoms with Crippen LogP contribution in [0.1, 0.15) is 111 Å². The quantitative estimate of drug-likeness (QED) is 0.210. The SMILES string of the molecule is CC12CCC(C(=O)N(CC3CCCO3)CC3(O)CCC4C56C=CC7(C=C5C(=O)Cc5c(F)cccc5Cl)CC(O)CCC7(C)C6CCC43C)(OC1=O)C2(C)C. The Morgan fingerprint density at radius 3 is 2.36 bits per heavy atom. The number of aliphatic hydroxyl groups excluding tert-OH is 1. The van der Waals surface area contributed by atoms with Crippen LogP contribution in [0.5, 0.6) is 0 Å². The van der Waals surface area contributed by atoms with Gasteiger partial charge in [-0.25, -0.2) is 4.39 Å². The summed E-state index contributed by atoms with van der Waals surface area (Å²) in [6.07, 6.45) is 13.0. The van der Waals surface area contributed by atoms with E-state index in [1.165, 1.54) is 6.07 Å². The molecule has 2 heterocycles. The van der Waals surface area contributed by atoms with Crippen molar-refractivity contribution in [2.75, 3.05) is 19.7 Å². The first-order valence-electron chi connectivity index (χ1n) is 20.8. The van der Waals surface area contributed by atoms with E-state index in [0.717, 1.165) is 25.7 Å². The van der Waals surface area contributed by atoms with E-state index in [1.54, 1.807) is 17.0 Å². The molecule has 1 aromatic carbocycles. The second-order valence-corrected chi connectivity index (χ2v) is 20.5. The maximum atomic E-state index is 15.2. The number of hydrogen-bond donors (Lipinski definition) is 2. The van der Waals surface area contributed by atoms with Crippen LogP contribution in [-0.4, -0.2) is 75.9 Å². The van der Waals surface area contributed by atoms with Crippen LogP contribution in [-0.2, 0) is 30.3 Å². The number of rotatable bonds is 8. The Balaban J connectivity index is 1.11. The third kappa shape index (κ3) is 4.64. The molecule has 4 bridgehead atoms. The van der Waals surface area contributed by atoms with Crippen LogP contribution >= 0.6 is 11.6 Å². The molecule has 55 heavy (non-hydrogen) atoms. The molecule has 9 aliphatic rings. The van der Waals surface area contributed by atoms with Gasteiger partial charge in [-0.15, -0.1) is 0 Å². The summed E-state index contributed by atoms with van der Waals surface area (Å²) in [4.78, 5) is 45.1. The zero-order valence-corrected chi connectivity index (χ0v) is 33.8. The predicted octanol–water partition coefficient (Wildman–Crippen LogP) is 7.31. The summed E-state index contributed by atoms with van der Waals surface area (Å²) in [5.41, 5.74) is -5.49. The molecule has 2 spiro atoms. The van der Waals surface area contributed by atoms with E-state index in [0.29, 0.717) is 63.7 Å². The van der Waals surface area contributed by atoms with E-state index < -0.39 is 50.2 Å². The van der Waals surface area contributed by atoms with Gasteiger partial charge < -0.3 is 24.6 Å². The molecule has 8 nitrogen and oxygen atoms in total. The monoisotopic (exact) mass is 777 g/mol. The number of fused-ring (bicyclic) bond motifs is 3. The number of hydrogen-bond acceptors (Lipinski definition) is 7. The van der Waals surface area contributed by atoms with Gasteiger partial charge in [0.25, 0.3) is 5.91 Å². The van der Waals surface area contributed by atoms with Crippen LogP contribution in [0.4, 0.5) is 4.39 Å². The van der Waals surface area contributed by atoms with Crippen LogP contribution in [0.25, 0.3) is 0 Å². The number of carbonyl (C=O) groups excluding carboxylic acids is 3. The largest absolute Gasteiger partial charge is 0.448 e. The third-order valence-electron chi connectivity index (χ3n) is 18.0. The number of nitrogens with zero attached hydrogens (tertiary/aromatic N) is 1. The molecular weight excluding hydrogens is 721 g/mol. The number of Topliss-reactive ketones (excluding diaryl/α,β-unsaturated/α-hetero) is 1. The van der Waals surface area contributed by atoms with Crippen molar-refractivity contribution in [1.29, 1.82) is 0 Å². The first kappa shape index (κ1) is 38.0. The summed E-state index contributed by atoms with van der Waals surface area (Å²) in [7, 11) is 0. The second kappa shape index (κ2) is 12.0. The van der Waals surface area contributed by atoms with Crippen molar-refractivity contribution in [1.82, 2.24) is 4.90 Å². The van der Waals surface area contributed by atoms with Crippen molar-refractivity contribution >= 4 is 29.3 Å². The molecule has 2 N–H and O–H groups in total. The Bertz CT molecular complexity index is 1900. The molecule has 1 aromatic rings. The lowest BCUT2D eigenvalue weighted by molar-refractivity contribution is -0.189. The third-order valence-corrected chi connectivity index (χ3v) is 18.4. The molecule has 2 saturated heterocycles. The van der Waals surface area contributed by atoms with Gasteiger partial charge in [0.2, 0.25) is 0 Å². The molecule has 4 saturated carbocycles. The van der Waals surface area contributed by atoms with E-state index in [4.69, 9.17) is 21.1 Å². The van der Waals surface area contributed by atoms with Gasteiger partial charge in [-0.1, -0.05) is 63.6 Å². The highest BCUT2D eigenvalue weighted by Crippen LogP contribution is 2.78. The lowest BCUT2D eigenvalue weighted by Gasteiger charge is -2.71. The van der Waals surface area contributed by atoms with Crippen LogP contribution in [0.15, 0.2) is 42.0 Å². The molecule has 11 atom stereocenters. The summed E-state index contributed by atoms with van der Waals surface area (Å²) >= 11 is 6.50. The Morgan fingerprint density at radius 1 is 0.964 bits per heavy atom. The van der Waals surface area contributed by atoms with E-state index >= 15 is 9.18 Å². The van der Waals surface area contributed by atoms with Crippen LogP contribution in [0, 0.1) is 50.1 Å². The van der Waals surface area contributed by atoms with Gasteiger partial charge in [-0.3, -0.25) is 14.4 Å². The molecule has 10 heteroatoms. The maximum absolute atomic E-state index is 15.2. The van der Waals surface area contributed by atoms with Gasteiger partial charge in [-0.2, -0.15) is 0 Å². The van der Waals surface area contributed by atoms with E-state index in [2.05, 4.69) is 32.1 Å². The summed E-state index contributed by atoms with van der Waals surface area (Å²) in [6, 6.07) is 4.49. The number of halogens is 2. The Hall–Kier alpha value is -2.59. The van der Waals surface area contributed by atoms with Crippen molar-refractivity contribution in [2.45, 2.75) is 135 Å². The van der Waals surface area contributed by atoms with Crippen molar-refractivity contribution in [3.05, 3.63) is 58.4 Å². The highest BCUT2D eigenvalue weighted by molar-refractivity contribution is 6.31. The standard InChI is InChI=1S/C45H57ClFNO7/c1-38(2)41(5)17-20-45(38,55-37(41)52)36(51)48(25-28-8-7-21-54-28)26-43(53)16-13-35-40(43,4)15-12-34-39(3)14-11-27(49)23-42(39)18-19-44(34,35)30(24-42)33(50)22-29-31(46)9-6-10-32(29)47/h6,9-10,18-19,24,27-28,34-35,49,53H,7-8,11-17,20-23,25-26H2,1-5H3. The Morgan fingerprint density at radius 2 is 1.69 bits per heavy atom. The minimum absolute atomic E-state index is 0.0661. The predicted molar refractivity (Wildman–Crippen MR) is 204 cm³/mol. The molecule has 2 aliphatic heterocycles. The van der Waals surface area contributed by atoms with Crippen LogP contribution in [0.3, 0.4) is 0 Å². The number of amides is 1. The van der Waals surface area contributed by atoms with Gasteiger partial charge >= 0.3 is 5.97 Å². The van der Waals surface area contributed by atoms with Gasteiger partial charge in [0.1, 0.15) is 5.82 Å². The van der Waals surface area contributed by atoms with Gasteiger partial charge in [0, 0.05) is 57.4 Å². The van der Waals surface area contributed by atoms with Crippen molar-refractivity contribution in [3.8, 4) is 0 Å². The number of ketones is 1. The highest BCUT2D eigenvalue weighted by Gasteiger charge is 2.78. The number of esters is 1. The zero-order valence-electron chi connectivity index (χ0n) is 33.0. The van der Waals surface area contributed by atoms with E-state index in [1.807, 2.05) is 20.8 Å². The van der Waals surface area contributed by atoms with Crippen molar-refractivity contribution in [2.24, 2.45) is 44.3 Å². The average molecular weight is 778 g/mol. The number of benzene rings is 1. The molecular formula is C45H57ClFNO7. The smallest absolute Gasteiger partial charge is 0.313 e. The first-order valence-corrected chi connectivity index (χ1v) is 21.2. The first-order chi connectivity index (χ1) is 25.8. The van der Waals surface area contributed by atoms with Gasteiger partial charge in [-0.05, 0) is 107 Å². The van der Waals surface area contributed by atoms with Crippen molar-refractivity contribution < 1.29 is 38.5 Å². The molecule has 6 fully saturated rings. The van der Waals surface area contributed by atoms with Crippen LogP contribution in [0.2, 0.25) is 5.02 Å². The molecule has 298 valence electrons. The molecule has 1 amide bonds. The van der Waals surface area contributed by atoms with Crippen molar-refractivity contribution in [3.63, 3.8) is 0 Å². The summed E-state index contributed by atoms with van der Waals surface area (Å²) in [6.45, 7) is 11.3. The minimum Gasteiger partial charge on any atom is -0.448 e. The highest BCUT2D eigenvalue weighted by atomic mass is 35.5. The fourth-order valence-corrected chi connectivity index (χ4v) is 14.4. The summed E-state index contributed by atoms with van der Waals surface area (Å²) in [5.74, 6) is -1.36. The average Bonchev–Trinajstić information content (AvgIpc) is 3.83. The van der Waals surface area contributed by atoms with Gasteiger partial charge in [0.15, 0.2) is 11.4 Å². The molecule has 7 aliphatic carbocycles. The number of allylic oxidation sites excluding steroid dienone is 4. The van der Waals surface area contributed by atoms with E-state index in [-0.39, 0.29) is 64.6 Å². The fraction of sp³-hybridized carbons (Fsp3) is 0.711. The Labute approximate surface area is 329 Å². The number of aliphatic hydroxyl groups is 2. The Kier molecular flexibility index (Phi) is 8.27. The topological polar surface area (TPSA) is 113 Å². The lowest BCUT2D eigenvalue weighted by atomic mass is 9.32. The number of carbonyl (C=O) groups is 3. The van der Waals surface area contributed by atoms with Crippen LogP contribution < -0.4 is 0 Å². The molecule has 11 unspecified atom stereocenters. The lowest BCUT2D eigenvalue weighted by Crippen LogP contribution is -2.68. The number of ether oxygens (including phenoxy) is 2. The molecule has 0 aromatic heterocycles. The summed E-state index contributed by atoms with van der Waals surface area (Å²) < 4.78 is 27.5. The summed E-state index contributed by atoms with van der Waals surface area (Å²) in [5, 5.41) is 24.6. The molecule has 10 rings (SSSR count). The molecule has 0 radical (unpaired) electrons. The fourth-order valence-electron chi connectivity index (χ4n) is 14.2. The minimum atomic E-state index is -1.32. The van der Waals surface area contributed by atoms with E-state index in [9.17, 15) is 19.8 Å².